The molecule has 2 aromatic rings. The van der Waals surface area contributed by atoms with E-state index in [4.69, 9.17) is 4.52 Å². The highest BCUT2D eigenvalue weighted by Crippen LogP contribution is 2.39. The number of aromatic nitrogens is 6. The summed E-state index contributed by atoms with van der Waals surface area (Å²) in [5, 5.41) is 16.4. The minimum atomic E-state index is 0.366. The summed E-state index contributed by atoms with van der Waals surface area (Å²) in [7, 11) is 0. The summed E-state index contributed by atoms with van der Waals surface area (Å²) in [4.78, 5) is 7.06. The molecule has 3 heterocycles. The van der Waals surface area contributed by atoms with Crippen LogP contribution in [0.15, 0.2) is 4.52 Å². The van der Waals surface area contributed by atoms with Crippen molar-refractivity contribution >= 4 is 0 Å². The molecule has 0 spiro atoms. The maximum absolute atomic E-state index is 5.43. The van der Waals surface area contributed by atoms with Gasteiger partial charge in [-0.15, -0.1) is 5.10 Å². The molecule has 3 aliphatic rings. The predicted molar refractivity (Wildman–Crippen MR) is 79.6 cm³/mol. The van der Waals surface area contributed by atoms with Gasteiger partial charge in [-0.05, 0) is 55.5 Å². The fourth-order valence-electron chi connectivity index (χ4n) is 3.44. The van der Waals surface area contributed by atoms with Crippen LogP contribution in [0.5, 0.6) is 0 Å². The molecule has 2 aliphatic carbocycles. The summed E-state index contributed by atoms with van der Waals surface area (Å²) in [6.45, 7) is 2.86. The zero-order chi connectivity index (χ0) is 15.2. The summed E-state index contributed by atoms with van der Waals surface area (Å²) >= 11 is 0. The quantitative estimate of drug-likeness (QED) is 0.829. The number of rotatable bonds is 5. The van der Waals surface area contributed by atoms with Gasteiger partial charge in [-0.2, -0.15) is 4.98 Å². The van der Waals surface area contributed by atoms with E-state index in [0.717, 1.165) is 50.0 Å². The molecule has 0 bridgehead atoms. The molecule has 1 atom stereocenters. The molecule has 2 saturated carbocycles. The maximum atomic E-state index is 5.43. The summed E-state index contributed by atoms with van der Waals surface area (Å²) in [5.41, 5.74) is 0. The molecule has 0 unspecified atom stereocenters. The van der Waals surface area contributed by atoms with Gasteiger partial charge in [0, 0.05) is 18.4 Å². The first-order valence-corrected chi connectivity index (χ1v) is 8.69. The molecule has 0 amide bonds. The van der Waals surface area contributed by atoms with Gasteiger partial charge < -0.3 is 4.52 Å². The van der Waals surface area contributed by atoms with Crippen LogP contribution in [0.4, 0.5) is 0 Å². The van der Waals surface area contributed by atoms with Crippen LogP contribution in [0.3, 0.4) is 0 Å². The molecular formula is C15H21N7O. The van der Waals surface area contributed by atoms with Crippen LogP contribution in [0.1, 0.15) is 73.9 Å². The van der Waals surface area contributed by atoms with E-state index < -0.39 is 0 Å². The van der Waals surface area contributed by atoms with Crippen molar-refractivity contribution in [3.05, 3.63) is 17.5 Å². The Morgan fingerprint density at radius 2 is 2.00 bits per heavy atom. The Hall–Kier alpha value is -1.83. The Bertz CT molecular complexity index is 688. The van der Waals surface area contributed by atoms with Gasteiger partial charge in [-0.3, -0.25) is 4.90 Å². The summed E-state index contributed by atoms with van der Waals surface area (Å²) in [6.07, 6.45) is 7.09. The van der Waals surface area contributed by atoms with Gasteiger partial charge in [0.1, 0.15) is 0 Å². The predicted octanol–water partition coefficient (Wildman–Crippen LogP) is 1.65. The highest BCUT2D eigenvalue weighted by Gasteiger charge is 2.33. The SMILES string of the molecule is C1C[C@@H](c2noc(C3CC3)n2)CN(Cc2nnnn2C2CC2)C1. The molecule has 5 rings (SSSR count). The van der Waals surface area contributed by atoms with Gasteiger partial charge in [0.05, 0.1) is 12.6 Å². The minimum absolute atomic E-state index is 0.366. The molecule has 1 saturated heterocycles. The normalized spacial score (nSPS) is 25.8. The Balaban J connectivity index is 1.27. The molecule has 0 aromatic carbocycles. The second-order valence-electron chi connectivity index (χ2n) is 7.11. The Morgan fingerprint density at radius 3 is 2.83 bits per heavy atom. The van der Waals surface area contributed by atoms with E-state index in [1.807, 2.05) is 4.68 Å². The second-order valence-corrected chi connectivity index (χ2v) is 7.11. The first-order chi connectivity index (χ1) is 11.4. The van der Waals surface area contributed by atoms with Crippen molar-refractivity contribution in [2.45, 2.75) is 62.9 Å². The molecule has 122 valence electrons. The van der Waals surface area contributed by atoms with Crippen molar-refractivity contribution in [2.24, 2.45) is 0 Å². The number of nitrogens with zero attached hydrogens (tertiary/aromatic N) is 7. The lowest BCUT2D eigenvalue weighted by molar-refractivity contribution is 0.187. The molecular weight excluding hydrogens is 294 g/mol. The van der Waals surface area contributed by atoms with Gasteiger partial charge in [0.15, 0.2) is 11.6 Å². The number of hydrogen-bond acceptors (Lipinski definition) is 7. The van der Waals surface area contributed by atoms with Gasteiger partial charge >= 0.3 is 0 Å². The van der Waals surface area contributed by atoms with Crippen molar-refractivity contribution < 1.29 is 4.52 Å². The van der Waals surface area contributed by atoms with E-state index in [1.165, 1.54) is 25.7 Å². The van der Waals surface area contributed by atoms with Crippen molar-refractivity contribution in [3.8, 4) is 0 Å². The monoisotopic (exact) mass is 315 g/mol. The summed E-state index contributed by atoms with van der Waals surface area (Å²) in [6, 6.07) is 0.527. The fourth-order valence-corrected chi connectivity index (χ4v) is 3.44. The van der Waals surface area contributed by atoms with E-state index in [2.05, 4.69) is 30.6 Å². The largest absolute Gasteiger partial charge is 0.339 e. The Morgan fingerprint density at radius 1 is 1.09 bits per heavy atom. The van der Waals surface area contributed by atoms with Crippen LogP contribution < -0.4 is 0 Å². The van der Waals surface area contributed by atoms with Crippen LogP contribution in [0.25, 0.3) is 0 Å². The summed E-state index contributed by atoms with van der Waals surface area (Å²) < 4.78 is 7.43. The summed E-state index contributed by atoms with van der Waals surface area (Å²) in [5.74, 6) is 3.61. The second kappa shape index (κ2) is 5.36. The van der Waals surface area contributed by atoms with Crippen molar-refractivity contribution in [1.82, 2.24) is 35.2 Å². The molecule has 8 nitrogen and oxygen atoms in total. The molecule has 0 radical (unpaired) electrons. The van der Waals surface area contributed by atoms with E-state index >= 15 is 0 Å². The van der Waals surface area contributed by atoms with Crippen LogP contribution in [0.2, 0.25) is 0 Å². The van der Waals surface area contributed by atoms with E-state index in [1.54, 1.807) is 0 Å². The smallest absolute Gasteiger partial charge is 0.229 e. The molecule has 8 heteroatoms. The van der Waals surface area contributed by atoms with E-state index in [-0.39, 0.29) is 0 Å². The van der Waals surface area contributed by atoms with Crippen LogP contribution >= 0.6 is 0 Å². The van der Waals surface area contributed by atoms with Crippen LogP contribution in [-0.4, -0.2) is 48.3 Å². The third-order valence-corrected chi connectivity index (χ3v) is 5.07. The maximum Gasteiger partial charge on any atom is 0.229 e. The topological polar surface area (TPSA) is 85.8 Å². The van der Waals surface area contributed by atoms with Crippen molar-refractivity contribution in [2.75, 3.05) is 13.1 Å². The van der Waals surface area contributed by atoms with E-state index in [0.29, 0.717) is 17.9 Å². The van der Waals surface area contributed by atoms with Crippen molar-refractivity contribution in [3.63, 3.8) is 0 Å². The first kappa shape index (κ1) is 13.6. The number of likely N-dealkylation sites (tertiary alicyclic amines) is 1. The van der Waals surface area contributed by atoms with Crippen LogP contribution in [-0.2, 0) is 6.54 Å². The van der Waals surface area contributed by atoms with Gasteiger partial charge in [0.25, 0.3) is 0 Å². The van der Waals surface area contributed by atoms with Gasteiger partial charge in [-0.25, -0.2) is 4.68 Å². The third kappa shape index (κ3) is 2.75. The van der Waals surface area contributed by atoms with Crippen molar-refractivity contribution in [1.29, 1.82) is 0 Å². The Kier molecular flexibility index (Phi) is 3.17. The van der Waals surface area contributed by atoms with E-state index in [9.17, 15) is 0 Å². The first-order valence-electron chi connectivity index (χ1n) is 8.69. The zero-order valence-corrected chi connectivity index (χ0v) is 13.1. The molecule has 0 N–H and O–H groups in total. The molecule has 2 aromatic heterocycles. The molecule has 3 fully saturated rings. The zero-order valence-electron chi connectivity index (χ0n) is 13.1. The minimum Gasteiger partial charge on any atom is -0.339 e. The van der Waals surface area contributed by atoms with Gasteiger partial charge in [0.2, 0.25) is 5.89 Å². The average Bonchev–Trinajstić information content (AvgIpc) is 3.51. The number of piperidine rings is 1. The highest BCUT2D eigenvalue weighted by atomic mass is 16.5. The lowest BCUT2D eigenvalue weighted by Gasteiger charge is -2.30. The van der Waals surface area contributed by atoms with Gasteiger partial charge in [-0.1, -0.05) is 5.16 Å². The molecule has 1 aliphatic heterocycles. The fraction of sp³-hybridized carbons (Fsp3) is 0.800. The lowest BCUT2D eigenvalue weighted by atomic mass is 9.97. The molecule has 23 heavy (non-hydrogen) atoms. The average molecular weight is 315 g/mol. The lowest BCUT2D eigenvalue weighted by Crippen LogP contribution is -2.35. The Labute approximate surface area is 134 Å². The number of tetrazole rings is 1. The number of hydrogen-bond donors (Lipinski definition) is 0. The third-order valence-electron chi connectivity index (χ3n) is 5.07. The van der Waals surface area contributed by atoms with Crippen LogP contribution in [0, 0.1) is 0 Å². The highest BCUT2D eigenvalue weighted by molar-refractivity contribution is 5.05. The standard InChI is InChI=1S/C15H21N7O/c1-2-11(14-16-15(23-18-14)10-3-4-10)8-21(7-1)9-13-17-19-20-22(13)12-5-6-12/h10-12H,1-9H2/t11-/m1/s1.